The van der Waals surface area contributed by atoms with E-state index in [1.807, 2.05) is 0 Å². The number of nitrogens with one attached hydrogen (secondary N) is 1. The van der Waals surface area contributed by atoms with Crippen molar-refractivity contribution in [3.8, 4) is 0 Å². The average molecular weight is 240 g/mol. The van der Waals surface area contributed by atoms with Crippen molar-refractivity contribution in [1.29, 1.82) is 0 Å². The molecule has 0 radical (unpaired) electrons. The lowest BCUT2D eigenvalue weighted by molar-refractivity contribution is 0.166. The zero-order chi connectivity index (χ0) is 12.7. The third kappa shape index (κ3) is 5.39. The lowest BCUT2D eigenvalue weighted by atomic mass is 10.0. The molecule has 17 heavy (non-hydrogen) atoms. The first kappa shape index (κ1) is 14.3. The molecule has 4 heteroatoms. The number of likely N-dealkylation sites (tertiary alicyclic amines) is 1. The molecule has 100 valence electrons. The summed E-state index contributed by atoms with van der Waals surface area (Å²) in [6.45, 7) is 9.62. The molecule has 1 aliphatic rings. The summed E-state index contributed by atoms with van der Waals surface area (Å²) in [5.41, 5.74) is 5.82. The maximum atomic E-state index is 5.82. The van der Waals surface area contributed by atoms with Crippen LogP contribution in [-0.4, -0.2) is 42.6 Å². The number of hydrogen-bond acceptors (Lipinski definition) is 2. The van der Waals surface area contributed by atoms with Crippen LogP contribution in [-0.2, 0) is 0 Å². The zero-order valence-corrected chi connectivity index (χ0v) is 11.6. The molecule has 1 rings (SSSR count). The minimum Gasteiger partial charge on any atom is -0.370 e. The number of guanidine groups is 1. The quantitative estimate of drug-likeness (QED) is 0.566. The average Bonchev–Trinajstić information content (AvgIpc) is 2.31. The molecule has 1 fully saturated rings. The van der Waals surface area contributed by atoms with E-state index >= 15 is 0 Å². The van der Waals surface area contributed by atoms with Gasteiger partial charge in [0.2, 0.25) is 0 Å². The van der Waals surface area contributed by atoms with Crippen LogP contribution in [0.15, 0.2) is 4.99 Å². The molecule has 0 aromatic rings. The number of nitrogens with zero attached hydrogens (tertiary/aromatic N) is 2. The monoisotopic (exact) mass is 240 g/mol. The van der Waals surface area contributed by atoms with Gasteiger partial charge < -0.3 is 11.1 Å². The van der Waals surface area contributed by atoms with Crippen molar-refractivity contribution in [1.82, 2.24) is 10.2 Å². The molecule has 0 aromatic carbocycles. The van der Waals surface area contributed by atoms with E-state index in [1.165, 1.54) is 25.8 Å². The van der Waals surface area contributed by atoms with Crippen LogP contribution < -0.4 is 11.1 Å². The number of aliphatic imine (C=N–C) groups is 1. The summed E-state index contributed by atoms with van der Waals surface area (Å²) < 4.78 is 0. The Kier molecular flexibility index (Phi) is 6.34. The predicted octanol–water partition coefficient (Wildman–Crippen LogP) is 1.56. The maximum absolute atomic E-state index is 5.82. The minimum absolute atomic E-state index is 0.410. The maximum Gasteiger partial charge on any atom is 0.188 e. The van der Waals surface area contributed by atoms with Crippen LogP contribution in [0.25, 0.3) is 0 Å². The Bertz CT molecular complexity index is 240. The summed E-state index contributed by atoms with van der Waals surface area (Å²) >= 11 is 0. The topological polar surface area (TPSA) is 53.6 Å². The van der Waals surface area contributed by atoms with Crippen molar-refractivity contribution in [3.63, 3.8) is 0 Å². The number of piperidine rings is 1. The summed E-state index contributed by atoms with van der Waals surface area (Å²) in [6, 6.07) is 1.12. The van der Waals surface area contributed by atoms with Crippen LogP contribution in [0.3, 0.4) is 0 Å². The van der Waals surface area contributed by atoms with Crippen LogP contribution in [0.4, 0.5) is 0 Å². The van der Waals surface area contributed by atoms with E-state index in [0.29, 0.717) is 18.0 Å². The smallest absolute Gasteiger partial charge is 0.188 e. The second-order valence-electron chi connectivity index (χ2n) is 5.10. The van der Waals surface area contributed by atoms with Crippen LogP contribution in [0.1, 0.15) is 46.5 Å². The summed E-state index contributed by atoms with van der Waals surface area (Å²) in [6.07, 6.45) is 5.09. The summed E-state index contributed by atoms with van der Waals surface area (Å²) in [7, 11) is 0. The Labute approximate surface area is 106 Å². The largest absolute Gasteiger partial charge is 0.370 e. The lowest BCUT2D eigenvalue weighted by Gasteiger charge is -2.32. The highest BCUT2D eigenvalue weighted by atomic mass is 15.2. The van der Waals surface area contributed by atoms with Gasteiger partial charge in [0.15, 0.2) is 5.96 Å². The van der Waals surface area contributed by atoms with E-state index < -0.39 is 0 Å². The predicted molar refractivity (Wildman–Crippen MR) is 74.3 cm³/mol. The fourth-order valence-corrected chi connectivity index (χ4v) is 2.19. The van der Waals surface area contributed by atoms with Gasteiger partial charge in [0.1, 0.15) is 0 Å². The summed E-state index contributed by atoms with van der Waals surface area (Å²) in [5, 5.41) is 3.19. The fraction of sp³-hybridized carbons (Fsp3) is 0.923. The third-order valence-corrected chi connectivity index (χ3v) is 3.62. The Morgan fingerprint density at radius 1 is 1.53 bits per heavy atom. The first-order chi connectivity index (χ1) is 8.13. The molecule has 2 atom stereocenters. The molecular weight excluding hydrogens is 212 g/mol. The van der Waals surface area contributed by atoms with Gasteiger partial charge in [0, 0.05) is 18.6 Å². The summed E-state index contributed by atoms with van der Waals surface area (Å²) in [4.78, 5) is 6.90. The van der Waals surface area contributed by atoms with Gasteiger partial charge in [-0.3, -0.25) is 9.89 Å². The van der Waals surface area contributed by atoms with Crippen LogP contribution in [0.5, 0.6) is 0 Å². The van der Waals surface area contributed by atoms with E-state index in [1.54, 1.807) is 0 Å². The molecule has 4 nitrogen and oxygen atoms in total. The van der Waals surface area contributed by atoms with Crippen molar-refractivity contribution < 1.29 is 0 Å². The minimum atomic E-state index is 0.410. The van der Waals surface area contributed by atoms with Crippen LogP contribution >= 0.6 is 0 Å². The molecule has 1 saturated heterocycles. The van der Waals surface area contributed by atoms with Crippen molar-refractivity contribution >= 4 is 5.96 Å². The van der Waals surface area contributed by atoms with Gasteiger partial charge in [-0.05, 0) is 39.7 Å². The standard InChI is InChI=1S/C13H28N4/c1-4-11(2)16-13(14)15-8-10-17-9-6-5-7-12(17)3/h11-12H,4-10H2,1-3H3,(H3,14,15,16). The first-order valence-corrected chi connectivity index (χ1v) is 6.94. The van der Waals surface area contributed by atoms with Gasteiger partial charge in [-0.1, -0.05) is 13.3 Å². The molecule has 0 amide bonds. The molecule has 0 aliphatic carbocycles. The highest BCUT2D eigenvalue weighted by Gasteiger charge is 2.16. The highest BCUT2D eigenvalue weighted by molar-refractivity contribution is 5.78. The van der Waals surface area contributed by atoms with Crippen molar-refractivity contribution in [3.05, 3.63) is 0 Å². The Morgan fingerprint density at radius 3 is 2.94 bits per heavy atom. The van der Waals surface area contributed by atoms with Gasteiger partial charge in [0.05, 0.1) is 6.54 Å². The number of rotatable bonds is 5. The van der Waals surface area contributed by atoms with Gasteiger partial charge in [-0.15, -0.1) is 0 Å². The molecule has 1 aliphatic heterocycles. The Morgan fingerprint density at radius 2 is 2.29 bits per heavy atom. The van der Waals surface area contributed by atoms with Gasteiger partial charge in [-0.25, -0.2) is 0 Å². The van der Waals surface area contributed by atoms with Gasteiger partial charge in [0.25, 0.3) is 0 Å². The molecule has 0 spiro atoms. The zero-order valence-electron chi connectivity index (χ0n) is 11.6. The highest BCUT2D eigenvalue weighted by Crippen LogP contribution is 2.15. The molecule has 3 N–H and O–H groups in total. The molecule has 2 unspecified atom stereocenters. The van der Waals surface area contributed by atoms with E-state index in [9.17, 15) is 0 Å². The van der Waals surface area contributed by atoms with E-state index in [2.05, 4.69) is 36.0 Å². The molecule has 0 saturated carbocycles. The van der Waals surface area contributed by atoms with E-state index in [-0.39, 0.29) is 0 Å². The SMILES string of the molecule is CCC(C)NC(N)=NCCN1CCCCC1C. The normalized spacial score (nSPS) is 24.6. The van der Waals surface area contributed by atoms with Crippen molar-refractivity contribution in [2.24, 2.45) is 10.7 Å². The van der Waals surface area contributed by atoms with Crippen molar-refractivity contribution in [2.75, 3.05) is 19.6 Å². The Balaban J connectivity index is 2.23. The van der Waals surface area contributed by atoms with Gasteiger partial charge >= 0.3 is 0 Å². The van der Waals surface area contributed by atoms with E-state index in [4.69, 9.17) is 5.73 Å². The second kappa shape index (κ2) is 7.54. The first-order valence-electron chi connectivity index (χ1n) is 6.94. The third-order valence-electron chi connectivity index (χ3n) is 3.62. The number of nitrogens with two attached hydrogens (primary N) is 1. The second-order valence-corrected chi connectivity index (χ2v) is 5.10. The van der Waals surface area contributed by atoms with Crippen molar-refractivity contribution in [2.45, 2.75) is 58.5 Å². The van der Waals surface area contributed by atoms with Gasteiger partial charge in [-0.2, -0.15) is 0 Å². The fourth-order valence-electron chi connectivity index (χ4n) is 2.19. The molecular formula is C13H28N4. The molecule has 0 bridgehead atoms. The Hall–Kier alpha value is -0.770. The van der Waals surface area contributed by atoms with Crippen LogP contribution in [0.2, 0.25) is 0 Å². The summed E-state index contributed by atoms with van der Waals surface area (Å²) in [5.74, 6) is 0.587. The number of hydrogen-bond donors (Lipinski definition) is 2. The lowest BCUT2D eigenvalue weighted by Crippen LogP contribution is -2.41. The molecule has 1 heterocycles. The van der Waals surface area contributed by atoms with Crippen LogP contribution in [0, 0.1) is 0 Å². The van der Waals surface area contributed by atoms with E-state index in [0.717, 1.165) is 19.5 Å². The molecule has 0 aromatic heterocycles.